The highest BCUT2D eigenvalue weighted by molar-refractivity contribution is 5.00. The average molecular weight is 521 g/mol. The fourth-order valence-corrected chi connectivity index (χ4v) is 8.60. The number of fused-ring (bicyclic) bond motifs is 2. The van der Waals surface area contributed by atoms with Crippen LogP contribution in [0.1, 0.15) is 146 Å². The molecule has 0 amide bonds. The van der Waals surface area contributed by atoms with Crippen molar-refractivity contribution in [2.24, 2.45) is 45.8 Å². The lowest BCUT2D eigenvalue weighted by molar-refractivity contribution is -0.246. The van der Waals surface area contributed by atoms with E-state index in [-0.39, 0.29) is 17.1 Å². The van der Waals surface area contributed by atoms with Gasteiger partial charge in [-0.2, -0.15) is 0 Å². The van der Waals surface area contributed by atoms with Gasteiger partial charge in [0.05, 0.1) is 18.3 Å². The summed E-state index contributed by atoms with van der Waals surface area (Å²) >= 11 is 0. The molecule has 3 heteroatoms. The smallest absolute Gasteiger partial charge is 0.178 e. The summed E-state index contributed by atoms with van der Waals surface area (Å²) in [6, 6.07) is 0. The largest absolute Gasteiger partial charge is 0.373 e. The Hall–Kier alpha value is -0.120. The third-order valence-corrected chi connectivity index (χ3v) is 11.3. The van der Waals surface area contributed by atoms with Gasteiger partial charge in [0.25, 0.3) is 0 Å². The highest BCUT2D eigenvalue weighted by atomic mass is 16.6. The molecular weight excluding hydrogens is 456 g/mol. The Morgan fingerprint density at radius 1 is 0.892 bits per heavy atom. The maximum Gasteiger partial charge on any atom is 0.178 e. The van der Waals surface area contributed by atoms with E-state index >= 15 is 0 Å². The van der Waals surface area contributed by atoms with Gasteiger partial charge in [-0.05, 0) is 117 Å². The zero-order chi connectivity index (χ0) is 27.6. The lowest BCUT2D eigenvalue weighted by Gasteiger charge is -2.54. The zero-order valence-electron chi connectivity index (χ0n) is 26.5. The molecule has 1 N–H and O–H groups in total. The number of ether oxygens (including phenoxy) is 2. The van der Waals surface area contributed by atoms with E-state index in [9.17, 15) is 5.11 Å². The molecule has 3 saturated carbocycles. The van der Waals surface area contributed by atoms with Crippen LogP contribution in [0, 0.1) is 45.8 Å². The molecule has 0 aliphatic heterocycles. The highest BCUT2D eigenvalue weighted by Gasteiger charge is 2.50. The minimum absolute atomic E-state index is 0.117. The van der Waals surface area contributed by atoms with Gasteiger partial charge < -0.3 is 14.6 Å². The first-order chi connectivity index (χ1) is 17.0. The van der Waals surface area contributed by atoms with Gasteiger partial charge in [-0.25, -0.2) is 0 Å². The molecule has 3 fully saturated rings. The standard InChI is InChI=1S/C34H64O3/c1-11-32(6,7)22-29(31(3,4)5)27-13-12-14-28(16-15-27)36-23-30(35)37-33(8,9)34(10)20-25-17-24(2)18-26(19-25)21-34/h24-30,35H,11-23H2,1-10H3. The van der Waals surface area contributed by atoms with Crippen molar-refractivity contribution >= 4 is 0 Å². The summed E-state index contributed by atoms with van der Waals surface area (Å²) in [5.74, 6) is 4.03. The zero-order valence-corrected chi connectivity index (χ0v) is 26.5. The number of hydrogen-bond acceptors (Lipinski definition) is 3. The van der Waals surface area contributed by atoms with E-state index in [0.29, 0.717) is 17.4 Å². The third kappa shape index (κ3) is 8.43. The van der Waals surface area contributed by atoms with Gasteiger partial charge in [-0.15, -0.1) is 0 Å². The first-order valence-corrected chi connectivity index (χ1v) is 16.0. The van der Waals surface area contributed by atoms with Gasteiger partial charge in [0.1, 0.15) is 0 Å². The number of hydrogen-bond donors (Lipinski definition) is 1. The van der Waals surface area contributed by atoms with Crippen LogP contribution in [0.15, 0.2) is 0 Å². The van der Waals surface area contributed by atoms with Crippen LogP contribution in [-0.2, 0) is 9.47 Å². The average Bonchev–Trinajstić information content (AvgIpc) is 2.99. The molecule has 0 radical (unpaired) electrons. The molecule has 3 rings (SSSR count). The summed E-state index contributed by atoms with van der Waals surface area (Å²) in [6.07, 6.45) is 14.5. The minimum atomic E-state index is -0.848. The van der Waals surface area contributed by atoms with E-state index in [1.165, 1.54) is 64.2 Å². The second-order valence-corrected chi connectivity index (χ2v) is 16.5. The maximum atomic E-state index is 10.9. The summed E-state index contributed by atoms with van der Waals surface area (Å²) < 4.78 is 12.7. The molecule has 37 heavy (non-hydrogen) atoms. The van der Waals surface area contributed by atoms with E-state index in [1.807, 2.05) is 0 Å². The van der Waals surface area contributed by atoms with E-state index in [4.69, 9.17) is 9.47 Å². The Kier molecular flexibility index (Phi) is 10.3. The summed E-state index contributed by atoms with van der Waals surface area (Å²) in [5, 5.41) is 10.9. The summed E-state index contributed by atoms with van der Waals surface area (Å²) in [4.78, 5) is 0. The molecule has 3 nitrogen and oxygen atoms in total. The van der Waals surface area contributed by atoms with Gasteiger partial charge in [0.15, 0.2) is 6.29 Å². The molecule has 3 aliphatic rings. The number of rotatable bonds is 10. The van der Waals surface area contributed by atoms with Crippen LogP contribution >= 0.6 is 0 Å². The second kappa shape index (κ2) is 12.2. The van der Waals surface area contributed by atoms with Gasteiger partial charge >= 0.3 is 0 Å². The Bertz CT molecular complexity index is 686. The predicted octanol–water partition coefficient (Wildman–Crippen LogP) is 9.41. The van der Waals surface area contributed by atoms with Crippen molar-refractivity contribution in [3.05, 3.63) is 0 Å². The van der Waals surface area contributed by atoms with Crippen molar-refractivity contribution in [2.45, 2.75) is 164 Å². The van der Waals surface area contributed by atoms with E-state index < -0.39 is 6.29 Å². The first-order valence-electron chi connectivity index (χ1n) is 16.0. The van der Waals surface area contributed by atoms with Crippen LogP contribution < -0.4 is 0 Å². The molecule has 2 bridgehead atoms. The Morgan fingerprint density at radius 2 is 1.51 bits per heavy atom. The third-order valence-electron chi connectivity index (χ3n) is 11.3. The van der Waals surface area contributed by atoms with Gasteiger partial charge in [0.2, 0.25) is 0 Å². The van der Waals surface area contributed by atoms with Crippen molar-refractivity contribution in [3.63, 3.8) is 0 Å². The van der Waals surface area contributed by atoms with Crippen LogP contribution in [0.5, 0.6) is 0 Å². The van der Waals surface area contributed by atoms with E-state index in [2.05, 4.69) is 69.2 Å². The molecule has 6 atom stereocenters. The van der Waals surface area contributed by atoms with Crippen molar-refractivity contribution < 1.29 is 14.6 Å². The van der Waals surface area contributed by atoms with E-state index in [0.717, 1.165) is 42.4 Å². The molecule has 3 aliphatic carbocycles. The van der Waals surface area contributed by atoms with E-state index in [1.54, 1.807) is 0 Å². The molecule has 0 aromatic heterocycles. The molecule has 0 spiro atoms. The van der Waals surface area contributed by atoms with Crippen LogP contribution in [0.25, 0.3) is 0 Å². The molecule has 0 aromatic carbocycles. The van der Waals surface area contributed by atoms with Crippen LogP contribution in [0.4, 0.5) is 0 Å². The fourth-order valence-electron chi connectivity index (χ4n) is 8.60. The molecule has 6 unspecified atom stereocenters. The van der Waals surface area contributed by atoms with Crippen molar-refractivity contribution in [1.82, 2.24) is 0 Å². The molecule has 0 aromatic rings. The topological polar surface area (TPSA) is 38.7 Å². The van der Waals surface area contributed by atoms with Crippen LogP contribution in [0.2, 0.25) is 0 Å². The summed E-state index contributed by atoms with van der Waals surface area (Å²) in [5.41, 5.74) is 0.499. The number of aliphatic hydroxyl groups is 1. The molecule has 0 saturated heterocycles. The fraction of sp³-hybridized carbons (Fsp3) is 1.00. The highest BCUT2D eigenvalue weighted by Crippen LogP contribution is 2.55. The van der Waals surface area contributed by atoms with Gasteiger partial charge in [-0.3, -0.25) is 0 Å². The van der Waals surface area contributed by atoms with Crippen molar-refractivity contribution in [2.75, 3.05) is 6.61 Å². The monoisotopic (exact) mass is 520 g/mol. The Morgan fingerprint density at radius 3 is 2.08 bits per heavy atom. The first kappa shape index (κ1) is 31.4. The molecule has 0 heterocycles. The van der Waals surface area contributed by atoms with Gasteiger partial charge in [0, 0.05) is 0 Å². The van der Waals surface area contributed by atoms with Crippen molar-refractivity contribution in [3.8, 4) is 0 Å². The lowest BCUT2D eigenvalue weighted by Crippen LogP contribution is -2.52. The Balaban J connectivity index is 1.51. The van der Waals surface area contributed by atoms with Crippen LogP contribution in [-0.4, -0.2) is 29.7 Å². The Labute approximate surface area is 231 Å². The second-order valence-electron chi connectivity index (χ2n) is 16.5. The SMILES string of the molecule is CCC(C)(C)CC(C1CCCC(OCC(O)OC(C)(C)C2(C)CC3CC(C)CC(C3)C2)CC1)C(C)(C)C. The molecular formula is C34H64O3. The summed E-state index contributed by atoms with van der Waals surface area (Å²) in [7, 11) is 0. The number of aliphatic hydroxyl groups excluding tert-OH is 1. The molecule has 218 valence electrons. The quantitative estimate of drug-likeness (QED) is 0.230. The minimum Gasteiger partial charge on any atom is -0.373 e. The van der Waals surface area contributed by atoms with Crippen molar-refractivity contribution in [1.29, 1.82) is 0 Å². The predicted molar refractivity (Wildman–Crippen MR) is 156 cm³/mol. The van der Waals surface area contributed by atoms with Crippen LogP contribution in [0.3, 0.4) is 0 Å². The summed E-state index contributed by atoms with van der Waals surface area (Å²) in [6.45, 7) is 24.1. The lowest BCUT2D eigenvalue weighted by atomic mass is 9.55. The maximum absolute atomic E-state index is 10.9. The van der Waals surface area contributed by atoms with Gasteiger partial charge in [-0.1, -0.05) is 74.7 Å². The normalized spacial score (nSPS) is 35.6.